The number of rotatable bonds is 6. The highest BCUT2D eigenvalue weighted by atomic mass is 79.9. The zero-order chi connectivity index (χ0) is 27.8. The molecule has 2 rings (SSSR count). The summed E-state index contributed by atoms with van der Waals surface area (Å²) in [6.45, 7) is 0.862. The second-order valence-corrected chi connectivity index (χ2v) is 7.68. The highest BCUT2D eigenvalue weighted by molar-refractivity contribution is 9.10. The number of ether oxygens (including phenoxy) is 2. The summed E-state index contributed by atoms with van der Waals surface area (Å²) in [6.07, 6.45) is -18.3. The predicted molar refractivity (Wildman–Crippen MR) is 108 cm³/mol. The summed E-state index contributed by atoms with van der Waals surface area (Å²) in [5.41, 5.74) is -8.10. The van der Waals surface area contributed by atoms with E-state index in [0.717, 1.165) is 14.2 Å². The number of esters is 1. The molecule has 36 heavy (non-hydrogen) atoms. The first-order valence-corrected chi connectivity index (χ1v) is 10.3. The Morgan fingerprint density at radius 2 is 1.64 bits per heavy atom. The van der Waals surface area contributed by atoms with Crippen molar-refractivity contribution in [3.05, 3.63) is 49.8 Å². The molecule has 7 nitrogen and oxygen atoms in total. The van der Waals surface area contributed by atoms with Gasteiger partial charge in [-0.3, -0.25) is 14.3 Å². The molecule has 1 unspecified atom stereocenters. The molecule has 200 valence electrons. The molecule has 0 aliphatic heterocycles. The van der Waals surface area contributed by atoms with Crippen LogP contribution in [0.15, 0.2) is 27.5 Å². The molecule has 0 bridgehead atoms. The van der Waals surface area contributed by atoms with Crippen LogP contribution in [-0.4, -0.2) is 35.5 Å². The zero-order valence-electron chi connectivity index (χ0n) is 18.3. The van der Waals surface area contributed by atoms with Crippen molar-refractivity contribution in [1.29, 1.82) is 0 Å². The summed E-state index contributed by atoms with van der Waals surface area (Å²) >= 11 is 2.53. The van der Waals surface area contributed by atoms with Gasteiger partial charge in [0, 0.05) is 19.7 Å². The van der Waals surface area contributed by atoms with Gasteiger partial charge in [-0.05, 0) is 35.0 Å². The van der Waals surface area contributed by atoms with Gasteiger partial charge >= 0.3 is 24.5 Å². The van der Waals surface area contributed by atoms with Gasteiger partial charge in [0.15, 0.2) is 5.69 Å². The van der Waals surface area contributed by atoms with Crippen molar-refractivity contribution < 1.29 is 53.8 Å². The number of nitrogens with zero attached hydrogens (tertiary/aromatic N) is 3. The highest BCUT2D eigenvalue weighted by Crippen LogP contribution is 2.46. The molecule has 0 fully saturated rings. The van der Waals surface area contributed by atoms with Crippen LogP contribution in [0.2, 0.25) is 0 Å². The van der Waals surface area contributed by atoms with E-state index >= 15 is 0 Å². The normalized spacial score (nSPS) is 13.5. The minimum absolute atomic E-state index is 0.0534. The summed E-state index contributed by atoms with van der Waals surface area (Å²) in [5, 5.41) is 0. The molecule has 0 saturated carbocycles. The van der Waals surface area contributed by atoms with Crippen molar-refractivity contribution in [2.45, 2.75) is 31.7 Å². The summed E-state index contributed by atoms with van der Waals surface area (Å²) in [6, 6.07) is -0.0588. The summed E-state index contributed by atoms with van der Waals surface area (Å²) in [4.78, 5) is 28.1. The molecule has 0 spiro atoms. The first kappa shape index (κ1) is 29.4. The van der Waals surface area contributed by atoms with E-state index in [4.69, 9.17) is 4.74 Å². The minimum Gasteiger partial charge on any atom is -0.466 e. The lowest BCUT2D eigenvalue weighted by molar-refractivity contribution is -0.153. The first-order chi connectivity index (χ1) is 16.3. The third-order valence-corrected chi connectivity index (χ3v) is 5.36. The number of methoxy groups -OCH3 is 1. The average Bonchev–Trinajstić information content (AvgIpc) is 2.73. The van der Waals surface area contributed by atoms with E-state index in [9.17, 15) is 49.1 Å². The maximum absolute atomic E-state index is 13.6. The fraction of sp³-hybridized carbons (Fsp3) is 0.421. The maximum Gasteiger partial charge on any atom is 0.433 e. The third kappa shape index (κ3) is 6.11. The van der Waals surface area contributed by atoms with Crippen LogP contribution in [-0.2, 0) is 39.8 Å². The van der Waals surface area contributed by atoms with Gasteiger partial charge in [-0.1, -0.05) is 0 Å². The first-order valence-electron chi connectivity index (χ1n) is 9.46. The lowest BCUT2D eigenvalue weighted by Crippen LogP contribution is -2.44. The number of benzene rings is 1. The number of carbonyl (C=O) groups is 1. The summed E-state index contributed by atoms with van der Waals surface area (Å²) in [7, 11) is 1.62. The van der Waals surface area contributed by atoms with Gasteiger partial charge in [-0.2, -0.15) is 39.5 Å². The van der Waals surface area contributed by atoms with Crippen LogP contribution in [0.1, 0.15) is 23.7 Å². The molecule has 17 heteroatoms. The molecule has 1 aromatic heterocycles. The van der Waals surface area contributed by atoms with Crippen LogP contribution < -0.4 is 10.5 Å². The number of hydrogen-bond donors (Lipinski definition) is 0. The van der Waals surface area contributed by atoms with Crippen molar-refractivity contribution in [3.63, 3.8) is 0 Å². The largest absolute Gasteiger partial charge is 0.466 e. The fourth-order valence-electron chi connectivity index (χ4n) is 2.89. The summed E-state index contributed by atoms with van der Waals surface area (Å²) < 4.78 is 131. The molecule has 2 aromatic rings. The van der Waals surface area contributed by atoms with Crippen molar-refractivity contribution in [3.8, 4) is 0 Å². The van der Waals surface area contributed by atoms with Crippen molar-refractivity contribution in [2.75, 3.05) is 18.6 Å². The molecule has 0 radical (unpaired) electrons. The molecule has 1 atom stereocenters. The molecule has 1 aromatic carbocycles. The Bertz CT molecular complexity index is 1190. The Morgan fingerprint density at radius 3 is 2.08 bits per heavy atom. The van der Waals surface area contributed by atoms with Gasteiger partial charge in [0.05, 0.1) is 28.4 Å². The Kier molecular flexibility index (Phi) is 8.39. The molecular weight excluding hydrogens is 585 g/mol. The van der Waals surface area contributed by atoms with Gasteiger partial charge in [-0.25, -0.2) is 9.78 Å². The Hall–Kier alpha value is -2.82. The lowest BCUT2D eigenvalue weighted by atomic mass is 10.1. The average molecular weight is 600 g/mol. The quantitative estimate of drug-likeness (QED) is 0.256. The van der Waals surface area contributed by atoms with E-state index in [0.29, 0.717) is 4.57 Å². The van der Waals surface area contributed by atoms with Gasteiger partial charge < -0.3 is 9.47 Å². The zero-order valence-corrected chi connectivity index (χ0v) is 19.9. The number of aromatic nitrogens is 2. The van der Waals surface area contributed by atoms with Gasteiger partial charge in [-0.15, -0.1) is 0 Å². The molecule has 0 amide bonds. The minimum atomic E-state index is -5.39. The van der Waals surface area contributed by atoms with Crippen LogP contribution in [0.4, 0.5) is 51.1 Å². The van der Waals surface area contributed by atoms with E-state index < -0.39 is 75.8 Å². The summed E-state index contributed by atoms with van der Waals surface area (Å²) in [5.74, 6) is -2.59. The van der Waals surface area contributed by atoms with Gasteiger partial charge in [0.25, 0.3) is 5.56 Å². The van der Waals surface area contributed by atoms with Crippen LogP contribution in [0.25, 0.3) is 0 Å². The smallest absolute Gasteiger partial charge is 0.433 e. The van der Waals surface area contributed by atoms with Crippen LogP contribution in [0, 0.1) is 0 Å². The Balaban J connectivity index is 3.12. The van der Waals surface area contributed by atoms with Crippen LogP contribution in [0.3, 0.4) is 0 Å². The lowest BCUT2D eigenvalue weighted by Gasteiger charge is -2.33. The van der Waals surface area contributed by atoms with Crippen LogP contribution >= 0.6 is 15.9 Å². The van der Waals surface area contributed by atoms with Crippen molar-refractivity contribution in [2.24, 2.45) is 7.05 Å². The van der Waals surface area contributed by atoms with E-state index in [1.54, 1.807) is 0 Å². The number of carbonyl (C=O) groups excluding carboxylic acids is 1. The Morgan fingerprint density at radius 1 is 1.06 bits per heavy atom. The van der Waals surface area contributed by atoms with Gasteiger partial charge in [0.1, 0.15) is 0 Å². The van der Waals surface area contributed by atoms with E-state index in [1.165, 1.54) is 6.92 Å². The molecule has 0 aliphatic carbocycles. The second kappa shape index (κ2) is 10.3. The SMILES string of the molecule is CCOC(C(=O)OC)N(c1cc(C(F)(F)F)cc(C(F)(F)F)c1Br)c1nc(C(F)(F)F)cc(=O)n1C. The highest BCUT2D eigenvalue weighted by Gasteiger charge is 2.43. The van der Waals surface area contributed by atoms with Gasteiger partial charge in [0.2, 0.25) is 12.2 Å². The number of alkyl halides is 9. The van der Waals surface area contributed by atoms with E-state index in [2.05, 4.69) is 25.7 Å². The molecule has 0 N–H and O–H groups in total. The monoisotopic (exact) mass is 599 g/mol. The second-order valence-electron chi connectivity index (χ2n) is 6.89. The Labute approximate surface area is 204 Å². The number of hydrogen-bond acceptors (Lipinski definition) is 6. The predicted octanol–water partition coefficient (Wildman–Crippen LogP) is 5.27. The molecular formula is C19H15BrF9N3O4. The van der Waals surface area contributed by atoms with Crippen LogP contribution in [0.5, 0.6) is 0 Å². The fourth-order valence-corrected chi connectivity index (χ4v) is 3.53. The molecule has 1 heterocycles. The molecule has 0 aliphatic rings. The topological polar surface area (TPSA) is 73.7 Å². The number of halogens is 10. The third-order valence-electron chi connectivity index (χ3n) is 4.52. The van der Waals surface area contributed by atoms with Crippen molar-refractivity contribution in [1.82, 2.24) is 9.55 Å². The number of anilines is 2. The van der Waals surface area contributed by atoms with E-state index in [-0.39, 0.29) is 23.1 Å². The van der Waals surface area contributed by atoms with E-state index in [1.807, 2.05) is 0 Å². The molecule has 0 saturated heterocycles. The standard InChI is InChI=1S/C19H15BrF9N3O4/c1-4-36-14(15(34)35-3)32(16-30-11(19(27,28)29)7-12(33)31(16)2)10-6-8(17(21,22)23)5-9(13(10)20)18(24,25)26/h5-7,14H,4H2,1-3H3. The van der Waals surface area contributed by atoms with Crippen molar-refractivity contribution >= 4 is 33.5 Å². The maximum atomic E-state index is 13.6.